The van der Waals surface area contributed by atoms with Gasteiger partial charge in [-0.15, -0.1) is 4.40 Å². The van der Waals surface area contributed by atoms with Crippen LogP contribution in [0, 0.1) is 5.21 Å². The molecule has 5 nitrogen and oxygen atoms in total. The summed E-state index contributed by atoms with van der Waals surface area (Å²) in [5.41, 5.74) is -0.156. The number of hydrogen-bond donors (Lipinski definition) is 0. The molecule has 0 amide bonds. The summed E-state index contributed by atoms with van der Waals surface area (Å²) in [6, 6.07) is 12.1. The third-order valence-corrected chi connectivity index (χ3v) is 3.35. The van der Waals surface area contributed by atoms with Crippen LogP contribution in [0.5, 0.6) is 0 Å². The second-order valence-corrected chi connectivity index (χ2v) is 4.87. The summed E-state index contributed by atoms with van der Waals surface area (Å²) in [7, 11) is -3.83. The zero-order valence-corrected chi connectivity index (χ0v) is 12.5. The predicted molar refractivity (Wildman–Crippen MR) is 62.4 cm³/mol. The first kappa shape index (κ1) is 15.0. The number of benzene rings is 1. The van der Waals surface area contributed by atoms with E-state index in [4.69, 9.17) is 0 Å². The van der Waals surface area contributed by atoms with E-state index in [-0.39, 0.29) is 39.9 Å². The van der Waals surface area contributed by atoms with Gasteiger partial charge in [0.25, 0.3) is 10.0 Å². The van der Waals surface area contributed by atoms with Gasteiger partial charge in [0, 0.05) is 0 Å². The zero-order valence-electron chi connectivity index (χ0n) is 9.72. The van der Waals surface area contributed by atoms with Crippen LogP contribution in [0.25, 0.3) is 0 Å². The summed E-state index contributed by atoms with van der Waals surface area (Å²) < 4.78 is 27.6. The van der Waals surface area contributed by atoms with Gasteiger partial charge in [-0.05, 0) is 30.5 Å². The molecule has 0 radical (unpaired) electrons. The number of pyridine rings is 1. The van der Waals surface area contributed by atoms with E-state index in [1.807, 2.05) is 0 Å². The Morgan fingerprint density at radius 1 is 1.00 bits per heavy atom. The van der Waals surface area contributed by atoms with Gasteiger partial charge in [-0.1, -0.05) is 24.3 Å². The molecule has 2 rings (SSSR count). The number of rotatable bonds is 2. The second kappa shape index (κ2) is 6.19. The fourth-order valence-corrected chi connectivity index (χ4v) is 2.25. The average molecular weight is 272 g/mol. The van der Waals surface area contributed by atoms with Crippen molar-refractivity contribution in [3.05, 3.63) is 65.4 Å². The maximum absolute atomic E-state index is 11.8. The molecule has 0 N–H and O–H groups in total. The third kappa shape index (κ3) is 3.46. The first-order valence-corrected chi connectivity index (χ1v) is 6.25. The number of nitrogens with zero attached hydrogens (tertiary/aromatic N) is 2. The molecule has 0 aliphatic carbocycles. The summed E-state index contributed by atoms with van der Waals surface area (Å²) >= 11 is 0. The van der Waals surface area contributed by atoms with E-state index in [1.54, 1.807) is 24.3 Å². The molecule has 7 heteroatoms. The van der Waals surface area contributed by atoms with Crippen LogP contribution in [0.15, 0.2) is 64.0 Å². The van der Waals surface area contributed by atoms with Crippen molar-refractivity contribution in [2.75, 3.05) is 0 Å². The number of aromatic nitrogens is 1. The quantitative estimate of drug-likeness (QED) is 0.601. The largest absolute Gasteiger partial charge is 1.00 e. The van der Waals surface area contributed by atoms with Crippen molar-refractivity contribution in [1.82, 2.24) is 4.73 Å². The Morgan fingerprint density at radius 3 is 2.22 bits per heavy atom. The van der Waals surface area contributed by atoms with Crippen molar-refractivity contribution in [3.63, 3.8) is 0 Å². The van der Waals surface area contributed by atoms with Crippen LogP contribution in [0.3, 0.4) is 0 Å². The van der Waals surface area contributed by atoms with Crippen LogP contribution in [0.4, 0.5) is 0 Å². The predicted octanol–water partition coefficient (Wildman–Crippen LogP) is -1.87. The van der Waals surface area contributed by atoms with Crippen LogP contribution < -0.4 is 35.0 Å². The van der Waals surface area contributed by atoms with Gasteiger partial charge >= 0.3 is 29.6 Å². The molecule has 0 unspecified atom stereocenters. The SMILES string of the molecule is O=S(=O)(/N=c1/ccccn1[O-])c1ccccc1.[Na+]. The minimum atomic E-state index is -3.83. The van der Waals surface area contributed by atoms with Gasteiger partial charge in [-0.3, -0.25) is 0 Å². The monoisotopic (exact) mass is 272 g/mol. The summed E-state index contributed by atoms with van der Waals surface area (Å²) in [6.07, 6.45) is 1.19. The number of sulfonamides is 1. The Hall–Kier alpha value is -1.08. The van der Waals surface area contributed by atoms with Crippen molar-refractivity contribution < 1.29 is 38.0 Å². The van der Waals surface area contributed by atoms with Crippen LogP contribution in [0.2, 0.25) is 0 Å². The molecule has 1 aromatic heterocycles. The molecule has 18 heavy (non-hydrogen) atoms. The second-order valence-electron chi connectivity index (χ2n) is 3.26. The number of hydrogen-bond acceptors (Lipinski definition) is 3. The van der Waals surface area contributed by atoms with E-state index in [2.05, 4.69) is 4.40 Å². The molecule has 0 saturated carbocycles. The smallest absolute Gasteiger partial charge is 0.805 e. The normalized spacial score (nSPS) is 11.9. The Labute approximate surface area is 127 Å². The van der Waals surface area contributed by atoms with Crippen LogP contribution in [0.1, 0.15) is 0 Å². The Kier molecular flexibility index (Phi) is 5.15. The molecule has 0 aliphatic rings. The average Bonchev–Trinajstić information content (AvgIpc) is 2.33. The molecule has 0 saturated heterocycles. The molecular formula is C11H9N2NaO3S. The minimum Gasteiger partial charge on any atom is -0.805 e. The summed E-state index contributed by atoms with van der Waals surface area (Å²) in [4.78, 5) is 0.0591. The first-order valence-electron chi connectivity index (χ1n) is 4.81. The molecule has 0 fully saturated rings. The Balaban J connectivity index is 0.00000162. The molecule has 0 spiro atoms. The first-order chi connectivity index (χ1) is 8.09. The van der Waals surface area contributed by atoms with Gasteiger partial charge in [0.15, 0.2) is 0 Å². The van der Waals surface area contributed by atoms with E-state index in [9.17, 15) is 13.6 Å². The van der Waals surface area contributed by atoms with Gasteiger partial charge in [0.05, 0.1) is 4.90 Å². The van der Waals surface area contributed by atoms with Crippen LogP contribution >= 0.6 is 0 Å². The topological polar surface area (TPSA) is 74.5 Å². The molecular weight excluding hydrogens is 263 g/mol. The van der Waals surface area contributed by atoms with Gasteiger partial charge in [0.2, 0.25) is 0 Å². The van der Waals surface area contributed by atoms with Crippen LogP contribution in [-0.2, 0) is 10.0 Å². The van der Waals surface area contributed by atoms with Gasteiger partial charge in [-0.2, -0.15) is 8.42 Å². The van der Waals surface area contributed by atoms with E-state index in [0.717, 1.165) is 0 Å². The van der Waals surface area contributed by atoms with Gasteiger partial charge in [0.1, 0.15) is 5.49 Å². The maximum atomic E-state index is 11.8. The maximum Gasteiger partial charge on any atom is 1.00 e. The van der Waals surface area contributed by atoms with Crippen molar-refractivity contribution >= 4 is 10.0 Å². The van der Waals surface area contributed by atoms with Gasteiger partial charge in [-0.25, -0.2) is 0 Å². The summed E-state index contributed by atoms with van der Waals surface area (Å²) in [6.45, 7) is 0. The standard InChI is InChI=1S/C11H9N2O3S.Na/c14-13-9-5-4-8-11(13)12-17(15,16)10-6-2-1-3-7-10;/h1-9H;/q-1;+1/b12-11-;. The van der Waals surface area contributed by atoms with E-state index in [0.29, 0.717) is 4.73 Å². The Morgan fingerprint density at radius 2 is 1.61 bits per heavy atom. The van der Waals surface area contributed by atoms with E-state index >= 15 is 0 Å². The van der Waals surface area contributed by atoms with Crippen molar-refractivity contribution in [2.45, 2.75) is 4.90 Å². The molecule has 2 aromatic rings. The molecule has 88 valence electrons. The molecule has 0 bridgehead atoms. The molecule has 1 aromatic carbocycles. The zero-order chi connectivity index (χ0) is 12.3. The van der Waals surface area contributed by atoms with Crippen LogP contribution in [-0.4, -0.2) is 13.1 Å². The van der Waals surface area contributed by atoms with Crippen molar-refractivity contribution in [3.8, 4) is 0 Å². The molecule has 0 atom stereocenters. The van der Waals surface area contributed by atoms with Crippen molar-refractivity contribution in [1.29, 1.82) is 0 Å². The fraction of sp³-hybridized carbons (Fsp3) is 0. The summed E-state index contributed by atoms with van der Waals surface area (Å²) in [5.74, 6) is 0. The fourth-order valence-electron chi connectivity index (χ4n) is 1.26. The van der Waals surface area contributed by atoms with E-state index < -0.39 is 10.0 Å². The third-order valence-electron chi connectivity index (χ3n) is 2.06. The molecule has 0 aliphatic heterocycles. The molecule has 1 heterocycles. The minimum absolute atomic E-state index is 0. The van der Waals surface area contributed by atoms with Crippen molar-refractivity contribution in [2.24, 2.45) is 4.40 Å². The summed E-state index contributed by atoms with van der Waals surface area (Å²) in [5, 5.41) is 11.3. The van der Waals surface area contributed by atoms with E-state index in [1.165, 1.54) is 30.5 Å². The Bertz CT molecular complexity index is 681. The van der Waals surface area contributed by atoms with Gasteiger partial charge < -0.3 is 9.94 Å².